The highest BCUT2D eigenvalue weighted by molar-refractivity contribution is 6.00. The lowest BCUT2D eigenvalue weighted by molar-refractivity contribution is -0.138. The molecule has 3 N–H and O–H groups in total. The molecule has 0 aliphatic heterocycles. The number of H-pyrrole nitrogens is 1. The number of fused-ring (bicyclic) bond motifs is 1. The molecule has 3 aromatic rings. The van der Waals surface area contributed by atoms with Crippen molar-refractivity contribution in [2.45, 2.75) is 12.8 Å². The Kier molecular flexibility index (Phi) is 3.55. The highest BCUT2D eigenvalue weighted by atomic mass is 16.4. The van der Waals surface area contributed by atoms with Gasteiger partial charge >= 0.3 is 5.97 Å². The van der Waals surface area contributed by atoms with E-state index in [-0.39, 0.29) is 0 Å². The first-order chi connectivity index (χ1) is 10.6. The van der Waals surface area contributed by atoms with Gasteiger partial charge in [-0.3, -0.25) is 4.79 Å². The number of anilines is 1. The lowest BCUT2D eigenvalue weighted by atomic mass is 9.94. The van der Waals surface area contributed by atoms with Gasteiger partial charge in [-0.15, -0.1) is 0 Å². The molecule has 1 unspecified atom stereocenters. The number of para-hydroxylation sites is 1. The maximum Gasteiger partial charge on any atom is 0.310 e. The molecule has 5 nitrogen and oxygen atoms in total. The van der Waals surface area contributed by atoms with Gasteiger partial charge in [0.25, 0.3) is 0 Å². The second-order valence-corrected chi connectivity index (χ2v) is 5.18. The number of hydrogen-bond donors (Lipinski definition) is 3. The number of benzene rings is 1. The van der Waals surface area contributed by atoms with E-state index in [2.05, 4.69) is 15.3 Å². The van der Waals surface area contributed by atoms with Crippen molar-refractivity contribution in [2.75, 3.05) is 12.4 Å². The third-order valence-electron chi connectivity index (χ3n) is 3.93. The first-order valence-corrected chi connectivity index (χ1v) is 7.09. The Morgan fingerprint density at radius 2 is 2.05 bits per heavy atom. The molecule has 5 heteroatoms. The van der Waals surface area contributed by atoms with Gasteiger partial charge in [-0.25, -0.2) is 4.98 Å². The first-order valence-electron chi connectivity index (χ1n) is 7.09. The van der Waals surface area contributed by atoms with Crippen molar-refractivity contribution in [1.82, 2.24) is 9.97 Å². The number of aliphatic carboxylic acids is 1. The number of nitrogens with one attached hydrogen (secondary N) is 2. The number of carboxylic acid groups (broad SMARTS) is 1. The standard InChI is InChI=1S/C17H17N3O2/c1-10(17(21)22)13-9-20-16-15(13)12(7-8-19-16)11-5-3-4-6-14(11)18-2/h3-10,18H,1-2H3,(H,19,20)(H,21,22). The van der Waals surface area contributed by atoms with Crippen LogP contribution in [0.5, 0.6) is 0 Å². The minimum atomic E-state index is -0.849. The number of aromatic nitrogens is 2. The molecule has 1 atom stereocenters. The maximum atomic E-state index is 11.4. The Morgan fingerprint density at radius 3 is 2.77 bits per heavy atom. The van der Waals surface area contributed by atoms with Crippen LogP contribution in [0.25, 0.3) is 22.2 Å². The molecule has 0 aliphatic carbocycles. The van der Waals surface area contributed by atoms with Crippen LogP contribution < -0.4 is 5.32 Å². The predicted octanol–water partition coefficient (Wildman–Crippen LogP) is 3.46. The van der Waals surface area contributed by atoms with Crippen LogP contribution in [0.3, 0.4) is 0 Å². The molecular weight excluding hydrogens is 278 g/mol. The summed E-state index contributed by atoms with van der Waals surface area (Å²) < 4.78 is 0. The van der Waals surface area contributed by atoms with Gasteiger partial charge in [-0.1, -0.05) is 18.2 Å². The summed E-state index contributed by atoms with van der Waals surface area (Å²) >= 11 is 0. The first kappa shape index (κ1) is 14.1. The van der Waals surface area contributed by atoms with E-state index in [4.69, 9.17) is 0 Å². The molecule has 0 aliphatic rings. The van der Waals surface area contributed by atoms with Crippen molar-refractivity contribution in [3.05, 3.63) is 48.3 Å². The van der Waals surface area contributed by atoms with Gasteiger partial charge < -0.3 is 15.4 Å². The minimum Gasteiger partial charge on any atom is -0.481 e. The van der Waals surface area contributed by atoms with Crippen LogP contribution in [-0.2, 0) is 4.79 Å². The monoisotopic (exact) mass is 295 g/mol. The topological polar surface area (TPSA) is 78.0 Å². The van der Waals surface area contributed by atoms with Crippen molar-refractivity contribution in [2.24, 2.45) is 0 Å². The Bertz CT molecular complexity index is 839. The lowest BCUT2D eigenvalue weighted by Crippen LogP contribution is -2.07. The smallest absolute Gasteiger partial charge is 0.310 e. The van der Waals surface area contributed by atoms with Crippen LogP contribution >= 0.6 is 0 Å². The third kappa shape index (κ3) is 2.20. The van der Waals surface area contributed by atoms with Crippen molar-refractivity contribution < 1.29 is 9.90 Å². The number of carboxylic acids is 1. The zero-order valence-electron chi connectivity index (χ0n) is 12.4. The van der Waals surface area contributed by atoms with Crippen LogP contribution in [0.2, 0.25) is 0 Å². The Morgan fingerprint density at radius 1 is 1.27 bits per heavy atom. The van der Waals surface area contributed by atoms with Crippen molar-refractivity contribution in [1.29, 1.82) is 0 Å². The SMILES string of the molecule is CNc1ccccc1-c1ccnc2[nH]cc(C(C)C(=O)O)c12. The fourth-order valence-electron chi connectivity index (χ4n) is 2.72. The van der Waals surface area contributed by atoms with Crippen LogP contribution in [0.1, 0.15) is 18.4 Å². The van der Waals surface area contributed by atoms with Crippen molar-refractivity contribution >= 4 is 22.7 Å². The molecule has 112 valence electrons. The van der Waals surface area contributed by atoms with E-state index in [1.165, 1.54) is 0 Å². The van der Waals surface area contributed by atoms with Gasteiger partial charge in [0.2, 0.25) is 0 Å². The Labute approximate surface area is 128 Å². The molecule has 3 rings (SSSR count). The van der Waals surface area contributed by atoms with Crippen LogP contribution in [0.4, 0.5) is 5.69 Å². The number of pyridine rings is 1. The second-order valence-electron chi connectivity index (χ2n) is 5.18. The third-order valence-corrected chi connectivity index (χ3v) is 3.93. The number of aromatic amines is 1. The quantitative estimate of drug-likeness (QED) is 0.689. The maximum absolute atomic E-state index is 11.4. The second kappa shape index (κ2) is 5.52. The normalized spacial score (nSPS) is 12.3. The number of carbonyl (C=O) groups is 1. The van der Waals surface area contributed by atoms with Gasteiger partial charge in [0.1, 0.15) is 5.65 Å². The molecule has 0 amide bonds. The summed E-state index contributed by atoms with van der Waals surface area (Å²) in [5, 5.41) is 13.4. The molecule has 0 spiro atoms. The largest absolute Gasteiger partial charge is 0.481 e. The van der Waals surface area contributed by atoms with Gasteiger partial charge in [0, 0.05) is 36.1 Å². The van der Waals surface area contributed by atoms with Crippen LogP contribution in [0, 0.1) is 0 Å². The molecule has 0 radical (unpaired) electrons. The average molecular weight is 295 g/mol. The summed E-state index contributed by atoms with van der Waals surface area (Å²) in [5.41, 5.74) is 4.43. The number of nitrogens with zero attached hydrogens (tertiary/aromatic N) is 1. The molecule has 0 saturated carbocycles. The highest BCUT2D eigenvalue weighted by Gasteiger charge is 2.21. The van der Waals surface area contributed by atoms with Crippen LogP contribution in [0.15, 0.2) is 42.7 Å². The van der Waals surface area contributed by atoms with E-state index in [1.807, 2.05) is 37.4 Å². The summed E-state index contributed by atoms with van der Waals surface area (Å²) in [6.45, 7) is 1.69. The van der Waals surface area contributed by atoms with E-state index in [0.717, 1.165) is 27.8 Å². The zero-order chi connectivity index (χ0) is 15.7. The minimum absolute atomic E-state index is 0.599. The predicted molar refractivity (Wildman–Crippen MR) is 87.1 cm³/mol. The molecule has 0 bridgehead atoms. The summed E-state index contributed by atoms with van der Waals surface area (Å²) in [6.07, 6.45) is 3.47. The van der Waals surface area contributed by atoms with Crippen molar-refractivity contribution in [3.63, 3.8) is 0 Å². The number of hydrogen-bond acceptors (Lipinski definition) is 3. The fourth-order valence-corrected chi connectivity index (χ4v) is 2.72. The van der Waals surface area contributed by atoms with E-state index >= 15 is 0 Å². The highest BCUT2D eigenvalue weighted by Crippen LogP contribution is 2.36. The van der Waals surface area contributed by atoms with Gasteiger partial charge in [0.05, 0.1) is 5.92 Å². The summed E-state index contributed by atoms with van der Waals surface area (Å²) in [5.74, 6) is -1.45. The fraction of sp³-hybridized carbons (Fsp3) is 0.176. The van der Waals surface area contributed by atoms with E-state index in [9.17, 15) is 9.90 Å². The molecule has 0 saturated heterocycles. The average Bonchev–Trinajstić information content (AvgIpc) is 2.98. The molecular formula is C17H17N3O2. The summed E-state index contributed by atoms with van der Waals surface area (Å²) in [7, 11) is 1.87. The van der Waals surface area contributed by atoms with Crippen molar-refractivity contribution in [3.8, 4) is 11.1 Å². The molecule has 1 aromatic carbocycles. The van der Waals surface area contributed by atoms with E-state index in [0.29, 0.717) is 5.65 Å². The summed E-state index contributed by atoms with van der Waals surface area (Å²) in [4.78, 5) is 18.8. The van der Waals surface area contributed by atoms with Gasteiger partial charge in [-0.2, -0.15) is 0 Å². The number of rotatable bonds is 4. The van der Waals surface area contributed by atoms with Gasteiger partial charge in [-0.05, 0) is 30.2 Å². The van der Waals surface area contributed by atoms with E-state index < -0.39 is 11.9 Å². The molecule has 2 aromatic heterocycles. The van der Waals surface area contributed by atoms with Crippen LogP contribution in [-0.4, -0.2) is 28.1 Å². The lowest BCUT2D eigenvalue weighted by Gasteiger charge is -2.12. The Hall–Kier alpha value is -2.82. The zero-order valence-corrected chi connectivity index (χ0v) is 12.4. The summed E-state index contributed by atoms with van der Waals surface area (Å²) in [6, 6.07) is 9.86. The Balaban J connectivity index is 2.30. The van der Waals surface area contributed by atoms with E-state index in [1.54, 1.807) is 19.3 Å². The van der Waals surface area contributed by atoms with Gasteiger partial charge in [0.15, 0.2) is 0 Å². The molecule has 0 fully saturated rings. The molecule has 2 heterocycles. The molecule has 22 heavy (non-hydrogen) atoms.